The molecule has 0 aliphatic rings. The highest BCUT2D eigenvalue weighted by Crippen LogP contribution is 2.26. The number of benzene rings is 1. The normalized spacial score (nSPS) is 12.2. The SMILES string of the molecule is O=C(NCC(CO)Cc1ccccn1)c1cc2cccc(Cl)c2o1. The maximum Gasteiger partial charge on any atom is 0.287 e. The molecular formula is C18H17ClN2O3. The smallest absolute Gasteiger partial charge is 0.287 e. The van der Waals surface area contributed by atoms with E-state index in [2.05, 4.69) is 10.3 Å². The molecule has 0 fully saturated rings. The number of carbonyl (C=O) groups excluding carboxylic acids is 1. The highest BCUT2D eigenvalue weighted by Gasteiger charge is 2.16. The monoisotopic (exact) mass is 344 g/mol. The maximum atomic E-state index is 12.3. The summed E-state index contributed by atoms with van der Waals surface area (Å²) < 4.78 is 5.53. The molecule has 2 N–H and O–H groups in total. The number of pyridine rings is 1. The van der Waals surface area contributed by atoms with Gasteiger partial charge in [-0.15, -0.1) is 0 Å². The van der Waals surface area contributed by atoms with Gasteiger partial charge >= 0.3 is 0 Å². The molecule has 1 unspecified atom stereocenters. The summed E-state index contributed by atoms with van der Waals surface area (Å²) in [7, 11) is 0. The van der Waals surface area contributed by atoms with Crippen molar-refractivity contribution >= 4 is 28.5 Å². The average Bonchev–Trinajstić information content (AvgIpc) is 3.05. The van der Waals surface area contributed by atoms with Crippen molar-refractivity contribution in [2.75, 3.05) is 13.2 Å². The fourth-order valence-electron chi connectivity index (χ4n) is 2.48. The lowest BCUT2D eigenvalue weighted by Crippen LogP contribution is -2.31. The van der Waals surface area contributed by atoms with Crippen molar-refractivity contribution in [3.05, 3.63) is 65.1 Å². The first-order valence-electron chi connectivity index (χ1n) is 7.64. The summed E-state index contributed by atoms with van der Waals surface area (Å²) in [5.41, 5.74) is 1.37. The molecule has 1 atom stereocenters. The minimum absolute atomic E-state index is 0.0389. The number of hydrogen-bond acceptors (Lipinski definition) is 4. The summed E-state index contributed by atoms with van der Waals surface area (Å²) in [6.07, 6.45) is 2.30. The molecule has 6 heteroatoms. The third kappa shape index (κ3) is 3.75. The number of aromatic nitrogens is 1. The zero-order chi connectivity index (χ0) is 16.9. The minimum Gasteiger partial charge on any atom is -0.449 e. The van der Waals surface area contributed by atoms with Gasteiger partial charge in [-0.25, -0.2) is 0 Å². The van der Waals surface area contributed by atoms with Crippen LogP contribution in [0.25, 0.3) is 11.0 Å². The lowest BCUT2D eigenvalue weighted by molar-refractivity contribution is 0.0914. The van der Waals surface area contributed by atoms with Gasteiger partial charge < -0.3 is 14.8 Å². The average molecular weight is 345 g/mol. The number of hydrogen-bond donors (Lipinski definition) is 2. The lowest BCUT2D eigenvalue weighted by atomic mass is 10.0. The highest BCUT2D eigenvalue weighted by atomic mass is 35.5. The Balaban J connectivity index is 1.64. The molecular weight excluding hydrogens is 328 g/mol. The fourth-order valence-corrected chi connectivity index (χ4v) is 2.70. The van der Waals surface area contributed by atoms with Crippen LogP contribution < -0.4 is 5.32 Å². The number of aliphatic hydroxyl groups excluding tert-OH is 1. The molecule has 1 aromatic carbocycles. The van der Waals surface area contributed by atoms with E-state index in [0.29, 0.717) is 23.6 Å². The van der Waals surface area contributed by atoms with Gasteiger partial charge in [0.2, 0.25) is 0 Å². The summed E-state index contributed by atoms with van der Waals surface area (Å²) in [6, 6.07) is 12.6. The minimum atomic E-state index is -0.332. The van der Waals surface area contributed by atoms with E-state index in [4.69, 9.17) is 16.0 Å². The van der Waals surface area contributed by atoms with E-state index in [1.807, 2.05) is 24.3 Å². The Bertz CT molecular complexity index is 833. The van der Waals surface area contributed by atoms with Gasteiger partial charge in [-0.2, -0.15) is 0 Å². The van der Waals surface area contributed by atoms with Crippen LogP contribution >= 0.6 is 11.6 Å². The molecule has 3 rings (SSSR count). The fraction of sp³-hybridized carbons (Fsp3) is 0.222. The second-order valence-electron chi connectivity index (χ2n) is 5.55. The van der Waals surface area contributed by atoms with Crippen molar-refractivity contribution in [1.29, 1.82) is 0 Å². The van der Waals surface area contributed by atoms with Crippen molar-refractivity contribution in [2.45, 2.75) is 6.42 Å². The Morgan fingerprint density at radius 2 is 2.17 bits per heavy atom. The van der Waals surface area contributed by atoms with Crippen molar-refractivity contribution in [1.82, 2.24) is 10.3 Å². The Labute approximate surface area is 144 Å². The Morgan fingerprint density at radius 1 is 1.29 bits per heavy atom. The topological polar surface area (TPSA) is 75.4 Å². The molecule has 0 spiro atoms. The second kappa shape index (κ2) is 7.47. The molecule has 0 radical (unpaired) electrons. The number of amides is 1. The van der Waals surface area contributed by atoms with E-state index in [0.717, 1.165) is 11.1 Å². The number of rotatable bonds is 6. The summed E-state index contributed by atoms with van der Waals surface area (Å²) in [5.74, 6) is -0.244. The van der Waals surface area contributed by atoms with Crippen LogP contribution in [0.15, 0.2) is 53.1 Å². The Morgan fingerprint density at radius 3 is 2.88 bits per heavy atom. The van der Waals surface area contributed by atoms with Gasteiger partial charge in [0.1, 0.15) is 0 Å². The zero-order valence-electron chi connectivity index (χ0n) is 12.9. The summed E-state index contributed by atoms with van der Waals surface area (Å²) in [6.45, 7) is 0.291. The number of furan rings is 1. The third-order valence-corrected chi connectivity index (χ3v) is 4.05. The van der Waals surface area contributed by atoms with Crippen LogP contribution in [0.5, 0.6) is 0 Å². The zero-order valence-corrected chi connectivity index (χ0v) is 13.7. The quantitative estimate of drug-likeness (QED) is 0.720. The third-order valence-electron chi connectivity index (χ3n) is 3.75. The van der Waals surface area contributed by atoms with E-state index in [9.17, 15) is 9.90 Å². The first-order valence-corrected chi connectivity index (χ1v) is 8.02. The number of fused-ring (bicyclic) bond motifs is 1. The van der Waals surface area contributed by atoms with E-state index in [1.165, 1.54) is 0 Å². The number of aliphatic hydroxyl groups is 1. The maximum absolute atomic E-state index is 12.3. The summed E-state index contributed by atoms with van der Waals surface area (Å²) in [5, 5.41) is 13.5. The van der Waals surface area contributed by atoms with E-state index in [1.54, 1.807) is 24.4 Å². The molecule has 0 aliphatic carbocycles. The van der Waals surface area contributed by atoms with Crippen molar-refractivity contribution in [3.8, 4) is 0 Å². The van der Waals surface area contributed by atoms with Crippen LogP contribution in [0.3, 0.4) is 0 Å². The van der Waals surface area contributed by atoms with Crippen LogP contribution in [0.2, 0.25) is 5.02 Å². The van der Waals surface area contributed by atoms with E-state index >= 15 is 0 Å². The van der Waals surface area contributed by atoms with Gasteiger partial charge in [0.05, 0.1) is 5.02 Å². The second-order valence-corrected chi connectivity index (χ2v) is 5.96. The molecule has 24 heavy (non-hydrogen) atoms. The standard InChI is InChI=1S/C18H17ClN2O3/c19-15-6-3-4-13-9-16(24-17(13)15)18(23)21-10-12(11-22)8-14-5-1-2-7-20-14/h1-7,9,12,22H,8,10-11H2,(H,21,23). The van der Waals surface area contributed by atoms with Gasteiger partial charge in [-0.1, -0.05) is 29.8 Å². The Kier molecular flexibility index (Phi) is 5.13. The van der Waals surface area contributed by atoms with Gasteiger partial charge in [-0.3, -0.25) is 9.78 Å². The van der Waals surface area contributed by atoms with Crippen LogP contribution in [-0.4, -0.2) is 29.1 Å². The number of carbonyl (C=O) groups is 1. The van der Waals surface area contributed by atoms with Crippen LogP contribution in [0, 0.1) is 5.92 Å². The van der Waals surface area contributed by atoms with Crippen LogP contribution in [0.4, 0.5) is 0 Å². The molecule has 3 aromatic rings. The molecule has 2 aromatic heterocycles. The van der Waals surface area contributed by atoms with Crippen molar-refractivity contribution in [3.63, 3.8) is 0 Å². The summed E-state index contributed by atoms with van der Waals surface area (Å²) in [4.78, 5) is 16.5. The lowest BCUT2D eigenvalue weighted by Gasteiger charge is -2.14. The van der Waals surface area contributed by atoms with Gasteiger partial charge in [-0.05, 0) is 30.7 Å². The van der Waals surface area contributed by atoms with Crippen molar-refractivity contribution < 1.29 is 14.3 Å². The molecule has 124 valence electrons. The highest BCUT2D eigenvalue weighted by molar-refractivity contribution is 6.34. The molecule has 0 saturated heterocycles. The largest absolute Gasteiger partial charge is 0.449 e. The van der Waals surface area contributed by atoms with Gasteiger partial charge in [0.15, 0.2) is 11.3 Å². The van der Waals surface area contributed by atoms with Crippen LogP contribution in [0.1, 0.15) is 16.2 Å². The number of nitrogens with zero attached hydrogens (tertiary/aromatic N) is 1. The number of halogens is 1. The Hall–Kier alpha value is -2.37. The van der Waals surface area contributed by atoms with Crippen LogP contribution in [-0.2, 0) is 6.42 Å². The number of para-hydroxylation sites is 1. The molecule has 0 bridgehead atoms. The number of nitrogens with one attached hydrogen (secondary N) is 1. The van der Waals surface area contributed by atoms with E-state index in [-0.39, 0.29) is 24.2 Å². The molecule has 0 aliphatic heterocycles. The molecule has 5 nitrogen and oxygen atoms in total. The predicted molar refractivity (Wildman–Crippen MR) is 92.1 cm³/mol. The molecule has 0 saturated carbocycles. The van der Waals surface area contributed by atoms with Gasteiger partial charge in [0, 0.05) is 36.3 Å². The first kappa shape index (κ1) is 16.5. The first-order chi connectivity index (χ1) is 11.7. The summed E-state index contributed by atoms with van der Waals surface area (Å²) >= 11 is 6.05. The molecule has 2 heterocycles. The molecule has 1 amide bonds. The predicted octanol–water partition coefficient (Wildman–Crippen LogP) is 3.06. The van der Waals surface area contributed by atoms with Gasteiger partial charge in [0.25, 0.3) is 5.91 Å². The van der Waals surface area contributed by atoms with Crippen molar-refractivity contribution in [2.24, 2.45) is 5.92 Å². The van der Waals surface area contributed by atoms with E-state index < -0.39 is 0 Å².